The summed E-state index contributed by atoms with van der Waals surface area (Å²) in [6, 6.07) is 2.46. The number of halogens is 2. The van der Waals surface area contributed by atoms with Gasteiger partial charge in [0.25, 0.3) is 5.19 Å². The van der Waals surface area contributed by atoms with Gasteiger partial charge in [-0.1, -0.05) is 11.3 Å². The lowest BCUT2D eigenvalue weighted by molar-refractivity contribution is 0.0275. The number of ether oxygens (including phenoxy) is 1. The Morgan fingerprint density at radius 1 is 1.27 bits per heavy atom. The minimum atomic E-state index is -0.671. The highest BCUT2D eigenvalue weighted by Gasteiger charge is 2.39. The number of carbonyl (C=O) groups excluding carboxylic acids is 1. The fraction of sp³-hybridized carbons (Fsp3) is 0.353. The monoisotopic (exact) mass is 378 g/mol. The van der Waals surface area contributed by atoms with E-state index in [0.717, 1.165) is 11.8 Å². The average Bonchev–Trinajstić information content (AvgIpc) is 3.18. The van der Waals surface area contributed by atoms with Gasteiger partial charge in [-0.3, -0.25) is 0 Å². The molecule has 0 N–H and O–H groups in total. The number of aryl methyl sites for hydroxylation is 1. The lowest BCUT2D eigenvalue weighted by Gasteiger charge is -2.40. The van der Waals surface area contributed by atoms with E-state index in [1.165, 1.54) is 28.5 Å². The summed E-state index contributed by atoms with van der Waals surface area (Å²) in [7, 11) is 0. The van der Waals surface area contributed by atoms with Crippen LogP contribution < -0.4 is 4.74 Å². The van der Waals surface area contributed by atoms with Gasteiger partial charge >= 0.3 is 6.03 Å². The zero-order valence-electron chi connectivity index (χ0n) is 13.9. The van der Waals surface area contributed by atoms with Crippen molar-refractivity contribution in [3.05, 3.63) is 46.5 Å². The van der Waals surface area contributed by atoms with Gasteiger partial charge in [0.05, 0.1) is 24.8 Å². The molecule has 1 fully saturated rings. The van der Waals surface area contributed by atoms with Gasteiger partial charge < -0.3 is 9.64 Å². The SMILES string of the molecule is Cc1csc(OC2CN(C(=O)N3N=CCC3c3cc(F)cc(F)c3)C2)n1. The molecule has 0 aliphatic carbocycles. The van der Waals surface area contributed by atoms with E-state index in [1.807, 2.05) is 12.3 Å². The smallest absolute Gasteiger partial charge is 0.341 e. The third-order valence-electron chi connectivity index (χ3n) is 4.28. The molecule has 0 radical (unpaired) electrons. The first-order valence-corrected chi connectivity index (χ1v) is 9.03. The maximum atomic E-state index is 13.5. The summed E-state index contributed by atoms with van der Waals surface area (Å²) in [6.07, 6.45) is 1.89. The van der Waals surface area contributed by atoms with E-state index in [0.29, 0.717) is 30.3 Å². The molecule has 26 heavy (non-hydrogen) atoms. The summed E-state index contributed by atoms with van der Waals surface area (Å²) in [5.74, 6) is -1.34. The molecule has 1 atom stereocenters. The van der Waals surface area contributed by atoms with Crippen LogP contribution in [0.4, 0.5) is 13.6 Å². The van der Waals surface area contributed by atoms with E-state index in [9.17, 15) is 13.6 Å². The van der Waals surface area contributed by atoms with Crippen molar-refractivity contribution >= 4 is 23.6 Å². The number of hydrogen-bond acceptors (Lipinski definition) is 5. The molecule has 2 aliphatic rings. The average molecular weight is 378 g/mol. The van der Waals surface area contributed by atoms with Crippen LogP contribution in [-0.4, -0.2) is 46.3 Å². The van der Waals surface area contributed by atoms with Gasteiger partial charge in [-0.15, -0.1) is 0 Å². The molecule has 1 aromatic heterocycles. The van der Waals surface area contributed by atoms with Crippen LogP contribution in [0.25, 0.3) is 0 Å². The number of amides is 2. The Morgan fingerprint density at radius 3 is 2.65 bits per heavy atom. The molecule has 3 heterocycles. The van der Waals surface area contributed by atoms with Crippen molar-refractivity contribution in [1.82, 2.24) is 14.9 Å². The van der Waals surface area contributed by atoms with Gasteiger partial charge in [0.2, 0.25) is 0 Å². The van der Waals surface area contributed by atoms with Crippen molar-refractivity contribution < 1.29 is 18.3 Å². The summed E-state index contributed by atoms with van der Waals surface area (Å²) in [5, 5.41) is 7.86. The normalized spacial score (nSPS) is 19.7. The summed E-state index contributed by atoms with van der Waals surface area (Å²) in [5.41, 5.74) is 1.29. The molecular formula is C17H16F2N4O2S. The first-order chi connectivity index (χ1) is 12.5. The third kappa shape index (κ3) is 3.26. The molecule has 0 bridgehead atoms. The van der Waals surface area contributed by atoms with Crippen molar-refractivity contribution in [2.45, 2.75) is 25.5 Å². The Balaban J connectivity index is 1.39. The zero-order valence-corrected chi connectivity index (χ0v) is 14.7. The van der Waals surface area contributed by atoms with Crippen molar-refractivity contribution in [3.63, 3.8) is 0 Å². The Bertz CT molecular complexity index is 846. The van der Waals surface area contributed by atoms with E-state index in [4.69, 9.17) is 4.74 Å². The fourth-order valence-electron chi connectivity index (χ4n) is 2.99. The number of nitrogens with zero attached hydrogens (tertiary/aromatic N) is 4. The molecule has 1 unspecified atom stereocenters. The van der Waals surface area contributed by atoms with Crippen LogP contribution >= 0.6 is 11.3 Å². The number of hydrazone groups is 1. The second kappa shape index (κ2) is 6.64. The highest BCUT2D eigenvalue weighted by molar-refractivity contribution is 7.11. The largest absolute Gasteiger partial charge is 0.463 e. The Hall–Kier alpha value is -2.55. The second-order valence-corrected chi connectivity index (χ2v) is 7.10. The van der Waals surface area contributed by atoms with Crippen molar-refractivity contribution in [1.29, 1.82) is 0 Å². The van der Waals surface area contributed by atoms with Crippen LogP contribution in [0, 0.1) is 18.6 Å². The molecule has 9 heteroatoms. The van der Waals surface area contributed by atoms with Gasteiger partial charge in [-0.25, -0.2) is 23.6 Å². The number of rotatable bonds is 3. The molecule has 1 aromatic carbocycles. The molecule has 6 nitrogen and oxygen atoms in total. The number of likely N-dealkylation sites (tertiary alicyclic amines) is 1. The summed E-state index contributed by atoms with van der Waals surface area (Å²) >= 11 is 1.42. The molecule has 2 aromatic rings. The number of aromatic nitrogens is 1. The van der Waals surface area contributed by atoms with Crippen LogP contribution in [-0.2, 0) is 0 Å². The first-order valence-electron chi connectivity index (χ1n) is 8.15. The van der Waals surface area contributed by atoms with Crippen LogP contribution in [0.15, 0.2) is 28.7 Å². The molecule has 0 saturated carbocycles. The third-order valence-corrected chi connectivity index (χ3v) is 5.13. The van der Waals surface area contributed by atoms with Gasteiger partial charge in [0.1, 0.15) is 17.7 Å². The summed E-state index contributed by atoms with van der Waals surface area (Å²) in [6.45, 7) is 2.74. The predicted octanol–water partition coefficient (Wildman–Crippen LogP) is 3.35. The quantitative estimate of drug-likeness (QED) is 0.823. The highest BCUT2D eigenvalue weighted by Crippen LogP contribution is 2.31. The Kier molecular flexibility index (Phi) is 4.31. The number of urea groups is 1. The molecule has 2 aliphatic heterocycles. The topological polar surface area (TPSA) is 58.0 Å². The van der Waals surface area contributed by atoms with Crippen LogP contribution in [0.5, 0.6) is 5.19 Å². The van der Waals surface area contributed by atoms with E-state index in [2.05, 4.69) is 10.1 Å². The molecular weight excluding hydrogens is 362 g/mol. The van der Waals surface area contributed by atoms with Gasteiger partial charge in [0.15, 0.2) is 0 Å². The first kappa shape index (κ1) is 16.9. The van der Waals surface area contributed by atoms with Gasteiger partial charge in [-0.05, 0) is 24.6 Å². The summed E-state index contributed by atoms with van der Waals surface area (Å²) in [4.78, 5) is 18.5. The number of benzene rings is 1. The number of carbonyl (C=O) groups is 1. The van der Waals surface area contributed by atoms with Gasteiger partial charge in [-0.2, -0.15) is 5.10 Å². The highest BCUT2D eigenvalue weighted by atomic mass is 32.1. The minimum absolute atomic E-state index is 0.110. The van der Waals surface area contributed by atoms with E-state index < -0.39 is 17.7 Å². The molecule has 4 rings (SSSR count). The van der Waals surface area contributed by atoms with E-state index in [1.54, 1.807) is 11.1 Å². The Labute approximate surface area is 152 Å². The van der Waals surface area contributed by atoms with E-state index >= 15 is 0 Å². The van der Waals surface area contributed by atoms with Crippen molar-refractivity contribution in [2.24, 2.45) is 5.10 Å². The fourth-order valence-corrected chi connectivity index (χ4v) is 3.70. The molecule has 136 valence electrons. The predicted molar refractivity (Wildman–Crippen MR) is 92.3 cm³/mol. The maximum Gasteiger partial charge on any atom is 0.341 e. The summed E-state index contributed by atoms with van der Waals surface area (Å²) < 4.78 is 32.7. The van der Waals surface area contributed by atoms with Crippen LogP contribution in [0.2, 0.25) is 0 Å². The minimum Gasteiger partial charge on any atom is -0.463 e. The zero-order chi connectivity index (χ0) is 18.3. The lowest BCUT2D eigenvalue weighted by atomic mass is 10.0. The van der Waals surface area contributed by atoms with Crippen LogP contribution in [0.1, 0.15) is 23.7 Å². The number of thiazole rings is 1. The lowest BCUT2D eigenvalue weighted by Crippen LogP contribution is -2.58. The van der Waals surface area contributed by atoms with Crippen LogP contribution in [0.3, 0.4) is 0 Å². The Morgan fingerprint density at radius 2 is 2.00 bits per heavy atom. The van der Waals surface area contributed by atoms with Crippen molar-refractivity contribution in [2.75, 3.05) is 13.1 Å². The molecule has 2 amide bonds. The van der Waals surface area contributed by atoms with E-state index in [-0.39, 0.29) is 12.1 Å². The molecule has 0 spiro atoms. The number of hydrogen-bond donors (Lipinski definition) is 0. The second-order valence-electron chi connectivity index (χ2n) is 6.28. The van der Waals surface area contributed by atoms with Gasteiger partial charge in [0, 0.05) is 24.1 Å². The standard InChI is InChI=1S/C17H16F2N4O2S/c1-10-9-26-16(21-10)25-14-7-22(8-14)17(24)23-15(2-3-20-23)11-4-12(18)6-13(19)5-11/h3-6,9,14-15H,2,7-8H2,1H3. The maximum absolute atomic E-state index is 13.5. The van der Waals surface area contributed by atoms with Crippen molar-refractivity contribution in [3.8, 4) is 5.19 Å². The molecule has 1 saturated heterocycles.